The lowest BCUT2D eigenvalue weighted by Gasteiger charge is -2.02. The Morgan fingerprint density at radius 3 is 2.82 bits per heavy atom. The molecule has 0 spiro atoms. The zero-order valence-corrected chi connectivity index (χ0v) is 7.24. The largest absolute Gasteiger partial charge is 0.491 e. The van der Waals surface area contributed by atoms with E-state index in [2.05, 4.69) is 18.9 Å². The molecular weight excluding hydrogens is 140 g/mol. The molecule has 1 heterocycles. The molecule has 1 aromatic rings. The third kappa shape index (κ3) is 1.97. The summed E-state index contributed by atoms with van der Waals surface area (Å²) in [5.74, 6) is 0.848. The highest BCUT2D eigenvalue weighted by Gasteiger charge is 2.00. The van der Waals surface area contributed by atoms with Crippen LogP contribution in [0.25, 0.3) is 0 Å². The molecule has 1 rings (SSSR count). The molecule has 0 saturated heterocycles. The summed E-state index contributed by atoms with van der Waals surface area (Å²) >= 11 is 0. The molecule has 0 aliphatic heterocycles. The van der Waals surface area contributed by atoms with Crippen molar-refractivity contribution in [3.8, 4) is 5.75 Å². The van der Waals surface area contributed by atoms with Crippen LogP contribution in [0.3, 0.4) is 0 Å². The molecule has 0 fully saturated rings. The number of ether oxygens (including phenoxy) is 1. The quantitative estimate of drug-likeness (QED) is 0.664. The average molecular weight is 154 g/mol. The lowest BCUT2D eigenvalue weighted by molar-refractivity contribution is 0.339. The Morgan fingerprint density at radius 1 is 1.64 bits per heavy atom. The molecule has 0 atom stereocenters. The standard InChI is InChI=1S/C8H14N2O/c1-4-11-8-5-9-10(6-8)7(2)3/h5-7H,4H2,1-3H3. The third-order valence-corrected chi connectivity index (χ3v) is 1.42. The van der Waals surface area contributed by atoms with Crippen LogP contribution in [-0.2, 0) is 0 Å². The van der Waals surface area contributed by atoms with Gasteiger partial charge in [-0.05, 0) is 20.8 Å². The Bertz CT molecular complexity index is 218. The molecule has 0 aliphatic rings. The van der Waals surface area contributed by atoms with Crippen LogP contribution >= 0.6 is 0 Å². The summed E-state index contributed by atoms with van der Waals surface area (Å²) in [7, 11) is 0. The first-order chi connectivity index (χ1) is 5.24. The van der Waals surface area contributed by atoms with Crippen molar-refractivity contribution >= 4 is 0 Å². The van der Waals surface area contributed by atoms with Crippen molar-refractivity contribution in [3.63, 3.8) is 0 Å². The van der Waals surface area contributed by atoms with Gasteiger partial charge < -0.3 is 4.74 Å². The van der Waals surface area contributed by atoms with Crippen molar-refractivity contribution in [1.82, 2.24) is 9.78 Å². The fourth-order valence-electron chi connectivity index (χ4n) is 0.844. The minimum Gasteiger partial charge on any atom is -0.491 e. The number of rotatable bonds is 3. The number of hydrogen-bond donors (Lipinski definition) is 0. The van der Waals surface area contributed by atoms with Crippen molar-refractivity contribution in [2.45, 2.75) is 26.8 Å². The van der Waals surface area contributed by atoms with Crippen LogP contribution in [0.4, 0.5) is 0 Å². The van der Waals surface area contributed by atoms with Gasteiger partial charge in [0.2, 0.25) is 0 Å². The molecule has 62 valence electrons. The second kappa shape index (κ2) is 3.42. The molecule has 0 saturated carbocycles. The zero-order chi connectivity index (χ0) is 8.27. The van der Waals surface area contributed by atoms with E-state index in [9.17, 15) is 0 Å². The van der Waals surface area contributed by atoms with Crippen molar-refractivity contribution in [1.29, 1.82) is 0 Å². The van der Waals surface area contributed by atoms with Crippen molar-refractivity contribution in [2.75, 3.05) is 6.61 Å². The van der Waals surface area contributed by atoms with E-state index >= 15 is 0 Å². The Labute approximate surface area is 67.0 Å². The van der Waals surface area contributed by atoms with Gasteiger partial charge in [-0.25, -0.2) is 0 Å². The van der Waals surface area contributed by atoms with Gasteiger partial charge in [0, 0.05) is 6.04 Å². The Kier molecular flexibility index (Phi) is 2.52. The topological polar surface area (TPSA) is 27.1 Å². The number of nitrogens with zero attached hydrogens (tertiary/aromatic N) is 2. The van der Waals surface area contributed by atoms with E-state index in [-0.39, 0.29) is 0 Å². The van der Waals surface area contributed by atoms with Gasteiger partial charge in [-0.3, -0.25) is 4.68 Å². The summed E-state index contributed by atoms with van der Waals surface area (Å²) in [5, 5.41) is 4.13. The van der Waals surface area contributed by atoms with Gasteiger partial charge in [0.05, 0.1) is 19.0 Å². The van der Waals surface area contributed by atoms with Crippen LogP contribution in [0.5, 0.6) is 5.75 Å². The SMILES string of the molecule is CCOc1cnn(C(C)C)c1. The van der Waals surface area contributed by atoms with Gasteiger partial charge in [0.15, 0.2) is 5.75 Å². The molecular formula is C8H14N2O. The minimum absolute atomic E-state index is 0.407. The Morgan fingerprint density at radius 2 is 2.36 bits per heavy atom. The second-order valence-corrected chi connectivity index (χ2v) is 2.68. The maximum absolute atomic E-state index is 5.25. The van der Waals surface area contributed by atoms with Gasteiger partial charge in [-0.15, -0.1) is 0 Å². The van der Waals surface area contributed by atoms with Gasteiger partial charge in [0.1, 0.15) is 0 Å². The van der Waals surface area contributed by atoms with Gasteiger partial charge in [-0.1, -0.05) is 0 Å². The fraction of sp³-hybridized carbons (Fsp3) is 0.625. The smallest absolute Gasteiger partial charge is 0.157 e. The predicted octanol–water partition coefficient (Wildman–Crippen LogP) is 1.86. The number of aromatic nitrogens is 2. The molecule has 11 heavy (non-hydrogen) atoms. The lowest BCUT2D eigenvalue weighted by Crippen LogP contribution is -1.99. The summed E-state index contributed by atoms with van der Waals surface area (Å²) < 4.78 is 7.13. The van der Waals surface area contributed by atoms with E-state index < -0.39 is 0 Å². The molecule has 0 radical (unpaired) electrons. The number of hydrogen-bond acceptors (Lipinski definition) is 2. The molecule has 0 unspecified atom stereocenters. The van der Waals surface area contributed by atoms with Crippen LogP contribution in [0.1, 0.15) is 26.8 Å². The van der Waals surface area contributed by atoms with Crippen LogP contribution < -0.4 is 4.74 Å². The Hall–Kier alpha value is -0.990. The average Bonchev–Trinajstić information content (AvgIpc) is 2.37. The molecule has 0 aromatic carbocycles. The van der Waals surface area contributed by atoms with Gasteiger partial charge in [-0.2, -0.15) is 5.10 Å². The van der Waals surface area contributed by atoms with Crippen molar-refractivity contribution in [3.05, 3.63) is 12.4 Å². The zero-order valence-electron chi connectivity index (χ0n) is 7.24. The summed E-state index contributed by atoms with van der Waals surface area (Å²) in [6.07, 6.45) is 3.65. The van der Waals surface area contributed by atoms with Crippen LogP contribution in [-0.4, -0.2) is 16.4 Å². The van der Waals surface area contributed by atoms with Crippen LogP contribution in [0.2, 0.25) is 0 Å². The molecule has 0 N–H and O–H groups in total. The lowest BCUT2D eigenvalue weighted by atomic mass is 10.4. The first kappa shape index (κ1) is 8.11. The second-order valence-electron chi connectivity index (χ2n) is 2.68. The summed E-state index contributed by atoms with van der Waals surface area (Å²) in [6, 6.07) is 0.407. The van der Waals surface area contributed by atoms with Crippen molar-refractivity contribution < 1.29 is 4.74 Å². The predicted molar refractivity (Wildman–Crippen MR) is 43.8 cm³/mol. The summed E-state index contributed by atoms with van der Waals surface area (Å²) in [6.45, 7) is 6.84. The first-order valence-electron chi connectivity index (χ1n) is 3.91. The highest BCUT2D eigenvalue weighted by Crippen LogP contribution is 2.11. The molecule has 0 amide bonds. The third-order valence-electron chi connectivity index (χ3n) is 1.42. The van der Waals surface area contributed by atoms with Gasteiger partial charge in [0.25, 0.3) is 0 Å². The Balaban J connectivity index is 2.66. The van der Waals surface area contributed by atoms with E-state index in [0.29, 0.717) is 12.6 Å². The summed E-state index contributed by atoms with van der Waals surface area (Å²) in [4.78, 5) is 0. The molecule has 3 nitrogen and oxygen atoms in total. The normalized spacial score (nSPS) is 10.5. The first-order valence-corrected chi connectivity index (χ1v) is 3.91. The minimum atomic E-state index is 0.407. The molecule has 0 aliphatic carbocycles. The van der Waals surface area contributed by atoms with Crippen LogP contribution in [0, 0.1) is 0 Å². The van der Waals surface area contributed by atoms with E-state index in [1.54, 1.807) is 6.20 Å². The van der Waals surface area contributed by atoms with E-state index in [0.717, 1.165) is 5.75 Å². The van der Waals surface area contributed by atoms with E-state index in [1.807, 2.05) is 17.8 Å². The maximum atomic E-state index is 5.25. The highest BCUT2D eigenvalue weighted by molar-refractivity contribution is 5.11. The fourth-order valence-corrected chi connectivity index (χ4v) is 0.844. The maximum Gasteiger partial charge on any atom is 0.157 e. The van der Waals surface area contributed by atoms with Gasteiger partial charge >= 0.3 is 0 Å². The summed E-state index contributed by atoms with van der Waals surface area (Å²) in [5.41, 5.74) is 0. The molecule has 3 heteroatoms. The van der Waals surface area contributed by atoms with Crippen LogP contribution in [0.15, 0.2) is 12.4 Å². The van der Waals surface area contributed by atoms with E-state index in [4.69, 9.17) is 4.74 Å². The highest BCUT2D eigenvalue weighted by atomic mass is 16.5. The van der Waals surface area contributed by atoms with E-state index in [1.165, 1.54) is 0 Å². The van der Waals surface area contributed by atoms with Crippen molar-refractivity contribution in [2.24, 2.45) is 0 Å². The monoisotopic (exact) mass is 154 g/mol. The molecule has 1 aromatic heterocycles. The molecule has 0 bridgehead atoms.